The van der Waals surface area contributed by atoms with Crippen molar-refractivity contribution in [3.63, 3.8) is 0 Å². The summed E-state index contributed by atoms with van der Waals surface area (Å²) < 4.78 is 29.8. The van der Waals surface area contributed by atoms with Gasteiger partial charge >= 0.3 is 0 Å². The number of methoxy groups -OCH3 is 1. The van der Waals surface area contributed by atoms with Gasteiger partial charge in [0.2, 0.25) is 0 Å². The third-order valence-electron chi connectivity index (χ3n) is 2.97. The Balaban J connectivity index is 2.59. The molecule has 4 nitrogen and oxygen atoms in total. The lowest BCUT2D eigenvalue weighted by atomic mass is 10.1. The van der Waals surface area contributed by atoms with Crippen LogP contribution in [-0.4, -0.2) is 33.2 Å². The predicted octanol–water partition coefficient (Wildman–Crippen LogP) is 2.88. The van der Waals surface area contributed by atoms with Crippen LogP contribution in [0.15, 0.2) is 18.2 Å². The first kappa shape index (κ1) is 16.9. The van der Waals surface area contributed by atoms with E-state index in [1.54, 1.807) is 12.1 Å². The van der Waals surface area contributed by atoms with E-state index in [-0.39, 0.29) is 18.1 Å². The van der Waals surface area contributed by atoms with Crippen LogP contribution >= 0.6 is 0 Å². The Morgan fingerprint density at radius 3 is 2.35 bits per heavy atom. The van der Waals surface area contributed by atoms with Crippen molar-refractivity contribution in [3.8, 4) is 5.75 Å². The average Bonchev–Trinajstić information content (AvgIpc) is 2.44. The molecule has 0 aliphatic carbocycles. The van der Waals surface area contributed by atoms with Crippen LogP contribution in [0.4, 0.5) is 4.39 Å². The summed E-state index contributed by atoms with van der Waals surface area (Å²) in [7, 11) is 1.52. The molecule has 0 bridgehead atoms. The molecule has 1 atom stereocenters. The SMILES string of the molecule is CCOC(CNC(C)c1ccc(OC)cc1F)OCC. The highest BCUT2D eigenvalue weighted by atomic mass is 19.1. The third kappa shape index (κ3) is 5.07. The van der Waals surface area contributed by atoms with Gasteiger partial charge in [-0.3, -0.25) is 0 Å². The molecule has 0 aliphatic heterocycles. The summed E-state index contributed by atoms with van der Waals surface area (Å²) in [5, 5.41) is 3.22. The fourth-order valence-corrected chi connectivity index (χ4v) is 1.91. The molecule has 0 aromatic heterocycles. The third-order valence-corrected chi connectivity index (χ3v) is 2.97. The lowest BCUT2D eigenvalue weighted by Gasteiger charge is -2.21. The Morgan fingerprint density at radius 1 is 1.20 bits per heavy atom. The fraction of sp³-hybridized carbons (Fsp3) is 0.600. The maximum Gasteiger partial charge on any atom is 0.169 e. The highest BCUT2D eigenvalue weighted by Crippen LogP contribution is 2.21. The smallest absolute Gasteiger partial charge is 0.169 e. The normalized spacial score (nSPS) is 12.7. The van der Waals surface area contributed by atoms with E-state index in [1.165, 1.54) is 13.2 Å². The molecule has 0 radical (unpaired) electrons. The minimum atomic E-state index is -0.311. The summed E-state index contributed by atoms with van der Waals surface area (Å²) in [4.78, 5) is 0. The number of ether oxygens (including phenoxy) is 3. The molecule has 0 spiro atoms. The van der Waals surface area contributed by atoms with Gasteiger partial charge in [0.15, 0.2) is 6.29 Å². The van der Waals surface area contributed by atoms with E-state index >= 15 is 0 Å². The highest BCUT2D eigenvalue weighted by Gasteiger charge is 2.14. The monoisotopic (exact) mass is 285 g/mol. The maximum atomic E-state index is 13.9. The first-order chi connectivity index (χ1) is 9.62. The summed E-state index contributed by atoms with van der Waals surface area (Å²) in [6.07, 6.45) is -0.311. The van der Waals surface area contributed by atoms with Crippen LogP contribution in [0, 0.1) is 5.82 Å². The lowest BCUT2D eigenvalue weighted by molar-refractivity contribution is -0.133. The molecule has 114 valence electrons. The van der Waals surface area contributed by atoms with Crippen LogP contribution in [-0.2, 0) is 9.47 Å². The minimum Gasteiger partial charge on any atom is -0.497 e. The van der Waals surface area contributed by atoms with Crippen molar-refractivity contribution in [2.75, 3.05) is 26.9 Å². The molecule has 0 heterocycles. The van der Waals surface area contributed by atoms with E-state index in [1.807, 2.05) is 20.8 Å². The van der Waals surface area contributed by atoms with Crippen molar-refractivity contribution in [2.45, 2.75) is 33.1 Å². The van der Waals surface area contributed by atoms with E-state index in [4.69, 9.17) is 14.2 Å². The van der Waals surface area contributed by atoms with Crippen LogP contribution in [0.1, 0.15) is 32.4 Å². The molecular formula is C15H24FNO3. The Hall–Kier alpha value is -1.17. The number of hydrogen-bond donors (Lipinski definition) is 1. The Labute approximate surface area is 120 Å². The van der Waals surface area contributed by atoms with Gasteiger partial charge < -0.3 is 19.5 Å². The van der Waals surface area contributed by atoms with Crippen LogP contribution < -0.4 is 10.1 Å². The van der Waals surface area contributed by atoms with Gasteiger partial charge in [-0.1, -0.05) is 6.07 Å². The average molecular weight is 285 g/mol. The molecule has 1 rings (SSSR count). The number of benzene rings is 1. The second-order valence-electron chi connectivity index (χ2n) is 4.36. The molecule has 5 heteroatoms. The molecule has 1 aromatic carbocycles. The molecule has 0 saturated carbocycles. The fourth-order valence-electron chi connectivity index (χ4n) is 1.91. The van der Waals surface area contributed by atoms with Crippen LogP contribution in [0.2, 0.25) is 0 Å². The zero-order valence-electron chi connectivity index (χ0n) is 12.6. The van der Waals surface area contributed by atoms with Gasteiger partial charge in [-0.15, -0.1) is 0 Å². The molecule has 1 N–H and O–H groups in total. The number of halogens is 1. The second-order valence-corrected chi connectivity index (χ2v) is 4.36. The van der Waals surface area contributed by atoms with E-state index in [0.29, 0.717) is 31.1 Å². The zero-order chi connectivity index (χ0) is 15.0. The van der Waals surface area contributed by atoms with Crippen molar-refractivity contribution in [1.82, 2.24) is 5.32 Å². The molecule has 20 heavy (non-hydrogen) atoms. The molecule has 0 amide bonds. The van der Waals surface area contributed by atoms with E-state index < -0.39 is 0 Å². The van der Waals surface area contributed by atoms with Crippen LogP contribution in [0.3, 0.4) is 0 Å². The largest absolute Gasteiger partial charge is 0.497 e. The maximum absolute atomic E-state index is 13.9. The number of rotatable bonds is 9. The first-order valence-corrected chi connectivity index (χ1v) is 6.92. The van der Waals surface area contributed by atoms with Gasteiger partial charge in [-0.05, 0) is 26.8 Å². The van der Waals surface area contributed by atoms with E-state index in [2.05, 4.69) is 5.32 Å². The Morgan fingerprint density at radius 2 is 1.85 bits per heavy atom. The van der Waals surface area contributed by atoms with Gasteiger partial charge in [0.25, 0.3) is 0 Å². The minimum absolute atomic E-state index is 0.135. The van der Waals surface area contributed by atoms with Gasteiger partial charge in [-0.2, -0.15) is 0 Å². The van der Waals surface area contributed by atoms with Crippen molar-refractivity contribution in [1.29, 1.82) is 0 Å². The topological polar surface area (TPSA) is 39.7 Å². The summed E-state index contributed by atoms with van der Waals surface area (Å²) in [5.41, 5.74) is 0.595. The highest BCUT2D eigenvalue weighted by molar-refractivity contribution is 5.30. The van der Waals surface area contributed by atoms with Crippen molar-refractivity contribution in [2.24, 2.45) is 0 Å². The Bertz CT molecular complexity index is 395. The van der Waals surface area contributed by atoms with Crippen molar-refractivity contribution >= 4 is 0 Å². The predicted molar refractivity (Wildman–Crippen MR) is 76.4 cm³/mol. The summed E-state index contributed by atoms with van der Waals surface area (Å²) >= 11 is 0. The van der Waals surface area contributed by atoms with Crippen LogP contribution in [0.5, 0.6) is 5.75 Å². The van der Waals surface area contributed by atoms with E-state index in [0.717, 1.165) is 0 Å². The van der Waals surface area contributed by atoms with Crippen LogP contribution in [0.25, 0.3) is 0 Å². The molecule has 1 aromatic rings. The lowest BCUT2D eigenvalue weighted by Crippen LogP contribution is -2.33. The van der Waals surface area contributed by atoms with E-state index in [9.17, 15) is 4.39 Å². The van der Waals surface area contributed by atoms with Gasteiger partial charge in [0.1, 0.15) is 11.6 Å². The summed E-state index contributed by atoms with van der Waals surface area (Å²) in [5.74, 6) is 0.230. The number of nitrogens with one attached hydrogen (secondary N) is 1. The van der Waals surface area contributed by atoms with Gasteiger partial charge in [0.05, 0.1) is 7.11 Å². The van der Waals surface area contributed by atoms with Crippen molar-refractivity contribution < 1.29 is 18.6 Å². The molecule has 0 saturated heterocycles. The molecule has 0 fully saturated rings. The molecule has 0 aliphatic rings. The first-order valence-electron chi connectivity index (χ1n) is 6.92. The Kier molecular flexibility index (Phi) is 7.51. The standard InChI is InChI=1S/C15H24FNO3/c1-5-19-15(20-6-2)10-17-11(3)13-8-7-12(18-4)9-14(13)16/h7-9,11,15,17H,5-6,10H2,1-4H3. The summed E-state index contributed by atoms with van der Waals surface area (Å²) in [6.45, 7) is 7.40. The molecular weight excluding hydrogens is 261 g/mol. The summed E-state index contributed by atoms with van der Waals surface area (Å²) in [6, 6.07) is 4.72. The quantitative estimate of drug-likeness (QED) is 0.708. The van der Waals surface area contributed by atoms with Crippen molar-refractivity contribution in [3.05, 3.63) is 29.6 Å². The van der Waals surface area contributed by atoms with Gasteiger partial charge in [-0.25, -0.2) is 4.39 Å². The number of hydrogen-bond acceptors (Lipinski definition) is 4. The zero-order valence-corrected chi connectivity index (χ0v) is 12.6. The van der Waals surface area contributed by atoms with Gasteiger partial charge in [0, 0.05) is 37.4 Å². The second kappa shape index (κ2) is 8.89. The molecule has 1 unspecified atom stereocenters.